The molecule has 0 atom stereocenters. The molecule has 150 valence electrons. The van der Waals surface area contributed by atoms with Gasteiger partial charge in [-0.1, -0.05) is 0 Å². The molecule has 0 radical (unpaired) electrons. The van der Waals surface area contributed by atoms with Crippen molar-refractivity contribution in [2.24, 2.45) is 5.73 Å². The third-order valence-corrected chi connectivity index (χ3v) is 5.19. The number of benzene rings is 1. The molecule has 0 aliphatic heterocycles. The molecule has 0 aliphatic carbocycles. The molecule has 0 unspecified atom stereocenters. The molecular weight excluding hydrogens is 406 g/mol. The van der Waals surface area contributed by atoms with Gasteiger partial charge < -0.3 is 10.5 Å². The number of ether oxygens (including phenoxy) is 1. The third-order valence-electron chi connectivity index (χ3n) is 3.79. The van der Waals surface area contributed by atoms with Crippen molar-refractivity contribution in [2.45, 2.75) is 11.8 Å². The number of anilines is 1. The van der Waals surface area contributed by atoms with E-state index in [-0.39, 0.29) is 11.6 Å². The summed E-state index contributed by atoms with van der Waals surface area (Å²) in [6, 6.07) is 6.61. The van der Waals surface area contributed by atoms with Gasteiger partial charge >= 0.3 is 6.09 Å². The van der Waals surface area contributed by atoms with Gasteiger partial charge in [0.25, 0.3) is 10.0 Å². The number of rotatable bonds is 5. The average Bonchev–Trinajstić information content (AvgIpc) is 2.62. The van der Waals surface area contributed by atoms with Crippen LogP contribution < -0.4 is 15.2 Å². The first-order valence-corrected chi connectivity index (χ1v) is 9.52. The van der Waals surface area contributed by atoms with Crippen molar-refractivity contribution in [1.82, 2.24) is 9.97 Å². The van der Waals surface area contributed by atoms with Crippen LogP contribution in [0.5, 0.6) is 5.88 Å². The molecular formula is C18H14F2N4O4S. The number of amides is 1. The highest BCUT2D eigenvalue weighted by Crippen LogP contribution is 2.27. The van der Waals surface area contributed by atoms with Crippen molar-refractivity contribution >= 4 is 21.8 Å². The van der Waals surface area contributed by atoms with Crippen LogP contribution in [0.15, 0.2) is 53.7 Å². The Balaban J connectivity index is 1.97. The van der Waals surface area contributed by atoms with Gasteiger partial charge in [0.2, 0.25) is 5.88 Å². The lowest BCUT2D eigenvalue weighted by molar-refractivity contribution is 0.209. The summed E-state index contributed by atoms with van der Waals surface area (Å²) in [6.07, 6.45) is 1.80. The Morgan fingerprint density at radius 2 is 1.86 bits per heavy atom. The minimum Gasteiger partial charge on any atom is -0.391 e. The zero-order chi connectivity index (χ0) is 21.2. The molecule has 0 spiro atoms. The number of carbonyl (C=O) groups is 1. The van der Waals surface area contributed by atoms with Crippen LogP contribution in [0.4, 0.5) is 19.3 Å². The van der Waals surface area contributed by atoms with Crippen LogP contribution >= 0.6 is 0 Å². The van der Waals surface area contributed by atoms with E-state index in [1.165, 1.54) is 24.5 Å². The standard InChI is InChI=1S/C18H14F2N4O4S/c1-10-15(24-29(26,27)16-3-2-13(19)8-14(16)20)6-12(9-23-10)11-4-5-22-17(7-11)28-18(21)25/h2-9,24H,1H3,(H2,21,25). The average molecular weight is 420 g/mol. The summed E-state index contributed by atoms with van der Waals surface area (Å²) in [4.78, 5) is 18.1. The molecule has 3 N–H and O–H groups in total. The van der Waals surface area contributed by atoms with E-state index in [1.54, 1.807) is 13.0 Å². The van der Waals surface area contributed by atoms with Gasteiger partial charge in [-0.3, -0.25) is 9.71 Å². The number of aryl methyl sites for hydroxylation is 1. The monoisotopic (exact) mass is 420 g/mol. The van der Waals surface area contributed by atoms with Crippen molar-refractivity contribution in [3.05, 3.63) is 66.1 Å². The first kappa shape index (κ1) is 20.1. The number of halogens is 2. The molecule has 0 bridgehead atoms. The number of aromatic nitrogens is 2. The Labute approximate surface area is 164 Å². The molecule has 2 heterocycles. The van der Waals surface area contributed by atoms with Gasteiger partial charge in [0.15, 0.2) is 0 Å². The van der Waals surface area contributed by atoms with Gasteiger partial charge in [-0.05, 0) is 36.8 Å². The molecule has 1 amide bonds. The van der Waals surface area contributed by atoms with E-state index >= 15 is 0 Å². The van der Waals surface area contributed by atoms with Gasteiger partial charge in [0.1, 0.15) is 16.5 Å². The van der Waals surface area contributed by atoms with E-state index in [0.717, 1.165) is 12.1 Å². The van der Waals surface area contributed by atoms with Crippen molar-refractivity contribution in [3.63, 3.8) is 0 Å². The molecule has 8 nitrogen and oxygen atoms in total. The number of nitrogens with two attached hydrogens (primary N) is 1. The number of carbonyl (C=O) groups excluding carboxylic acids is 1. The molecule has 11 heteroatoms. The third kappa shape index (κ3) is 4.63. The summed E-state index contributed by atoms with van der Waals surface area (Å²) >= 11 is 0. The first-order valence-electron chi connectivity index (χ1n) is 8.04. The van der Waals surface area contributed by atoms with Crippen LogP contribution in [0.1, 0.15) is 5.69 Å². The predicted octanol–water partition coefficient (Wildman–Crippen LogP) is 2.99. The van der Waals surface area contributed by atoms with E-state index in [9.17, 15) is 22.0 Å². The summed E-state index contributed by atoms with van der Waals surface area (Å²) < 4.78 is 59.0. The minimum atomic E-state index is -4.34. The van der Waals surface area contributed by atoms with E-state index in [0.29, 0.717) is 22.9 Å². The Kier molecular flexibility index (Phi) is 5.41. The predicted molar refractivity (Wildman–Crippen MR) is 99.6 cm³/mol. The summed E-state index contributed by atoms with van der Waals surface area (Å²) in [7, 11) is -4.34. The molecule has 29 heavy (non-hydrogen) atoms. The number of hydrogen-bond donors (Lipinski definition) is 2. The molecule has 0 saturated carbocycles. The van der Waals surface area contributed by atoms with Gasteiger partial charge in [-0.2, -0.15) is 0 Å². The Bertz CT molecular complexity index is 1200. The maximum atomic E-state index is 13.9. The quantitative estimate of drug-likeness (QED) is 0.654. The lowest BCUT2D eigenvalue weighted by atomic mass is 10.1. The molecule has 0 fully saturated rings. The Hall–Kier alpha value is -3.60. The smallest absolute Gasteiger partial charge is 0.391 e. The van der Waals surface area contributed by atoms with Gasteiger partial charge in [0, 0.05) is 30.1 Å². The SMILES string of the molecule is Cc1ncc(-c2ccnc(OC(N)=O)c2)cc1NS(=O)(=O)c1ccc(F)cc1F. The fourth-order valence-electron chi connectivity index (χ4n) is 2.44. The second-order valence-corrected chi connectivity index (χ2v) is 7.49. The van der Waals surface area contributed by atoms with Crippen molar-refractivity contribution < 1.29 is 26.7 Å². The van der Waals surface area contributed by atoms with E-state index in [1.807, 2.05) is 0 Å². The van der Waals surface area contributed by atoms with E-state index in [4.69, 9.17) is 10.5 Å². The van der Waals surface area contributed by atoms with Gasteiger partial charge in [-0.25, -0.2) is 27.0 Å². The highest BCUT2D eigenvalue weighted by molar-refractivity contribution is 7.92. The Morgan fingerprint density at radius 3 is 2.55 bits per heavy atom. The number of nitrogens with zero attached hydrogens (tertiary/aromatic N) is 2. The van der Waals surface area contributed by atoms with Gasteiger partial charge in [-0.15, -0.1) is 0 Å². The first-order chi connectivity index (χ1) is 13.7. The van der Waals surface area contributed by atoms with Crippen LogP contribution in [-0.4, -0.2) is 24.5 Å². The van der Waals surface area contributed by atoms with E-state index in [2.05, 4.69) is 14.7 Å². The summed E-state index contributed by atoms with van der Waals surface area (Å²) in [6.45, 7) is 1.55. The molecule has 0 aliphatic rings. The minimum absolute atomic E-state index is 0.0499. The summed E-state index contributed by atoms with van der Waals surface area (Å²) in [5.41, 5.74) is 6.34. The second kappa shape index (κ2) is 7.80. The van der Waals surface area contributed by atoms with Crippen molar-refractivity contribution in [1.29, 1.82) is 0 Å². The van der Waals surface area contributed by atoms with Crippen LogP contribution in [0.2, 0.25) is 0 Å². The fourth-order valence-corrected chi connectivity index (χ4v) is 3.60. The molecule has 3 rings (SSSR count). The lowest BCUT2D eigenvalue weighted by Crippen LogP contribution is -2.17. The normalized spacial score (nSPS) is 11.1. The van der Waals surface area contributed by atoms with Gasteiger partial charge in [0.05, 0.1) is 11.4 Å². The summed E-state index contributed by atoms with van der Waals surface area (Å²) in [5.74, 6) is -2.17. The maximum Gasteiger partial charge on any atom is 0.411 e. The number of nitrogens with one attached hydrogen (secondary N) is 1. The molecule has 3 aromatic rings. The number of primary amides is 1. The molecule has 0 saturated heterocycles. The largest absolute Gasteiger partial charge is 0.411 e. The topological polar surface area (TPSA) is 124 Å². The zero-order valence-corrected chi connectivity index (χ0v) is 15.7. The van der Waals surface area contributed by atoms with Crippen LogP contribution in [0.3, 0.4) is 0 Å². The summed E-state index contributed by atoms with van der Waals surface area (Å²) in [5, 5.41) is 0. The zero-order valence-electron chi connectivity index (χ0n) is 14.9. The number of hydrogen-bond acceptors (Lipinski definition) is 6. The van der Waals surface area contributed by atoms with Crippen molar-refractivity contribution in [2.75, 3.05) is 4.72 Å². The lowest BCUT2D eigenvalue weighted by Gasteiger charge is -2.12. The highest BCUT2D eigenvalue weighted by atomic mass is 32.2. The Morgan fingerprint density at radius 1 is 1.10 bits per heavy atom. The highest BCUT2D eigenvalue weighted by Gasteiger charge is 2.21. The van der Waals surface area contributed by atoms with Crippen LogP contribution in [-0.2, 0) is 10.0 Å². The van der Waals surface area contributed by atoms with E-state index < -0.39 is 32.6 Å². The molecule has 2 aromatic heterocycles. The second-order valence-electron chi connectivity index (χ2n) is 5.84. The number of pyridine rings is 2. The fraction of sp³-hybridized carbons (Fsp3) is 0.0556. The molecule has 1 aromatic carbocycles. The maximum absolute atomic E-state index is 13.9. The number of sulfonamides is 1. The van der Waals surface area contributed by atoms with Crippen LogP contribution in [0.25, 0.3) is 11.1 Å². The van der Waals surface area contributed by atoms with Crippen molar-refractivity contribution in [3.8, 4) is 17.0 Å². The van der Waals surface area contributed by atoms with Crippen LogP contribution in [0, 0.1) is 18.6 Å².